The minimum atomic E-state index is -0.508. The molecule has 24 heavy (non-hydrogen) atoms. The molecule has 2 nitrogen and oxygen atoms in total. The van der Waals surface area contributed by atoms with Gasteiger partial charge in [-0.25, -0.2) is 0 Å². The highest BCUT2D eigenvalue weighted by Crippen LogP contribution is 2.65. The van der Waals surface area contributed by atoms with Gasteiger partial charge in [0.1, 0.15) is 5.75 Å². The van der Waals surface area contributed by atoms with Crippen LogP contribution in [0.25, 0.3) is 0 Å². The van der Waals surface area contributed by atoms with Crippen LogP contribution in [0.4, 0.5) is 0 Å². The number of fused-ring (bicyclic) bond motifs is 5. The van der Waals surface area contributed by atoms with Crippen LogP contribution in [0.5, 0.6) is 5.75 Å². The molecule has 4 unspecified atom stereocenters. The molecule has 2 fully saturated rings. The van der Waals surface area contributed by atoms with Crippen LogP contribution in [0.15, 0.2) is 12.1 Å². The summed E-state index contributed by atoms with van der Waals surface area (Å²) in [6, 6.07) is 4.28. The standard InChI is InChI=1S/C22H32O2/c1-5-14-11-15-12-19(23)13(2)10-17(15)16-6-8-21(3)18(20(14)16)7-9-22(21,4)24/h10,12,14,16,18,20,23-24H,5-9,11H2,1-4H3/t14?,16?,18?,20?,21-,22-/m0/s1. The fraction of sp³-hybridized carbons (Fsp3) is 0.727. The molecule has 6 atom stereocenters. The largest absolute Gasteiger partial charge is 0.508 e. The van der Waals surface area contributed by atoms with Gasteiger partial charge in [0.15, 0.2) is 0 Å². The van der Waals surface area contributed by atoms with E-state index >= 15 is 0 Å². The van der Waals surface area contributed by atoms with Crippen LogP contribution in [0.1, 0.15) is 75.5 Å². The molecule has 0 saturated heterocycles. The number of aryl methyl sites for hydroxylation is 1. The van der Waals surface area contributed by atoms with Crippen molar-refractivity contribution in [2.75, 3.05) is 0 Å². The number of hydrogen-bond acceptors (Lipinski definition) is 2. The smallest absolute Gasteiger partial charge is 0.118 e. The monoisotopic (exact) mass is 328 g/mol. The van der Waals surface area contributed by atoms with Gasteiger partial charge in [-0.2, -0.15) is 0 Å². The Morgan fingerprint density at radius 1 is 1.17 bits per heavy atom. The zero-order valence-electron chi connectivity index (χ0n) is 15.6. The van der Waals surface area contributed by atoms with E-state index in [2.05, 4.69) is 26.8 Å². The molecule has 4 rings (SSSR count). The third-order valence-corrected chi connectivity index (χ3v) is 8.30. The van der Waals surface area contributed by atoms with Crippen molar-refractivity contribution in [1.82, 2.24) is 0 Å². The van der Waals surface area contributed by atoms with E-state index in [1.807, 2.05) is 13.0 Å². The van der Waals surface area contributed by atoms with Crippen LogP contribution in [-0.2, 0) is 6.42 Å². The summed E-state index contributed by atoms with van der Waals surface area (Å²) in [6.45, 7) is 8.77. The Labute approximate surface area is 146 Å². The van der Waals surface area contributed by atoms with Gasteiger partial charge in [-0.15, -0.1) is 0 Å². The summed E-state index contributed by atoms with van der Waals surface area (Å²) in [7, 11) is 0. The minimum Gasteiger partial charge on any atom is -0.508 e. The summed E-state index contributed by atoms with van der Waals surface area (Å²) in [5.41, 5.74) is 3.44. The van der Waals surface area contributed by atoms with Crippen molar-refractivity contribution < 1.29 is 10.2 Å². The molecule has 0 aromatic heterocycles. The molecule has 0 bridgehead atoms. The molecular formula is C22H32O2. The maximum Gasteiger partial charge on any atom is 0.118 e. The highest BCUT2D eigenvalue weighted by Gasteiger charge is 2.60. The summed E-state index contributed by atoms with van der Waals surface area (Å²) in [4.78, 5) is 0. The average molecular weight is 328 g/mol. The van der Waals surface area contributed by atoms with Crippen molar-refractivity contribution in [3.8, 4) is 5.75 Å². The van der Waals surface area contributed by atoms with E-state index in [4.69, 9.17) is 0 Å². The van der Waals surface area contributed by atoms with Crippen LogP contribution in [-0.4, -0.2) is 15.8 Å². The Morgan fingerprint density at radius 2 is 1.92 bits per heavy atom. The minimum absolute atomic E-state index is 0.0745. The van der Waals surface area contributed by atoms with Gasteiger partial charge in [0.05, 0.1) is 5.60 Å². The molecule has 1 aromatic rings. The quantitative estimate of drug-likeness (QED) is 0.766. The summed E-state index contributed by atoms with van der Waals surface area (Å²) in [5.74, 6) is 3.08. The molecule has 1 aromatic carbocycles. The number of aromatic hydroxyl groups is 1. The second-order valence-corrected chi connectivity index (χ2v) is 9.27. The van der Waals surface area contributed by atoms with E-state index < -0.39 is 5.60 Å². The first-order valence-electron chi connectivity index (χ1n) is 9.83. The van der Waals surface area contributed by atoms with Crippen LogP contribution >= 0.6 is 0 Å². The lowest BCUT2D eigenvalue weighted by atomic mass is 9.50. The lowest BCUT2D eigenvalue weighted by Crippen LogP contribution is -2.51. The van der Waals surface area contributed by atoms with Crippen LogP contribution < -0.4 is 0 Å². The highest BCUT2D eigenvalue weighted by atomic mass is 16.3. The Morgan fingerprint density at radius 3 is 2.62 bits per heavy atom. The third-order valence-electron chi connectivity index (χ3n) is 8.30. The van der Waals surface area contributed by atoms with E-state index in [-0.39, 0.29) is 5.41 Å². The number of benzene rings is 1. The Kier molecular flexibility index (Phi) is 3.59. The fourth-order valence-electron chi connectivity index (χ4n) is 6.58. The van der Waals surface area contributed by atoms with Crippen molar-refractivity contribution in [2.24, 2.45) is 23.2 Å². The first-order chi connectivity index (χ1) is 11.3. The summed E-state index contributed by atoms with van der Waals surface area (Å²) < 4.78 is 0. The predicted molar refractivity (Wildman–Crippen MR) is 97.2 cm³/mol. The lowest BCUT2D eigenvalue weighted by Gasteiger charge is -2.55. The van der Waals surface area contributed by atoms with E-state index in [1.54, 1.807) is 0 Å². The van der Waals surface area contributed by atoms with Crippen molar-refractivity contribution in [3.63, 3.8) is 0 Å². The predicted octanol–water partition coefficient (Wildman–Crippen LogP) is 4.94. The van der Waals surface area contributed by atoms with Gasteiger partial charge in [-0.3, -0.25) is 0 Å². The van der Waals surface area contributed by atoms with E-state index in [0.717, 1.165) is 24.8 Å². The number of rotatable bonds is 1. The molecule has 2 heteroatoms. The first-order valence-corrected chi connectivity index (χ1v) is 9.83. The van der Waals surface area contributed by atoms with Gasteiger partial charge in [-0.05, 0) is 97.8 Å². The van der Waals surface area contributed by atoms with Gasteiger partial charge in [0.2, 0.25) is 0 Å². The Balaban J connectivity index is 1.80. The molecule has 0 heterocycles. The number of hydrogen-bond donors (Lipinski definition) is 2. The molecule has 0 aliphatic heterocycles. The van der Waals surface area contributed by atoms with E-state index in [0.29, 0.717) is 29.4 Å². The molecular weight excluding hydrogens is 296 g/mol. The molecule has 132 valence electrons. The molecule has 0 spiro atoms. The normalized spacial score (nSPS) is 43.9. The topological polar surface area (TPSA) is 40.5 Å². The zero-order valence-corrected chi connectivity index (χ0v) is 15.6. The number of aliphatic hydroxyl groups is 1. The van der Waals surface area contributed by atoms with Crippen molar-refractivity contribution in [1.29, 1.82) is 0 Å². The van der Waals surface area contributed by atoms with Gasteiger partial charge in [0.25, 0.3) is 0 Å². The number of phenols is 1. The molecule has 2 saturated carbocycles. The van der Waals surface area contributed by atoms with Crippen LogP contribution in [0.2, 0.25) is 0 Å². The van der Waals surface area contributed by atoms with Gasteiger partial charge < -0.3 is 10.2 Å². The fourth-order valence-corrected chi connectivity index (χ4v) is 6.58. The molecule has 0 radical (unpaired) electrons. The highest BCUT2D eigenvalue weighted by molar-refractivity contribution is 5.45. The zero-order chi connectivity index (χ0) is 17.3. The number of phenolic OH excluding ortho intramolecular Hbond substituents is 1. The summed E-state index contributed by atoms with van der Waals surface area (Å²) in [5, 5.41) is 21.2. The van der Waals surface area contributed by atoms with Gasteiger partial charge in [0, 0.05) is 0 Å². The van der Waals surface area contributed by atoms with E-state index in [9.17, 15) is 10.2 Å². The second-order valence-electron chi connectivity index (χ2n) is 9.27. The van der Waals surface area contributed by atoms with E-state index in [1.165, 1.54) is 30.4 Å². The van der Waals surface area contributed by atoms with Crippen LogP contribution in [0.3, 0.4) is 0 Å². The molecule has 3 aliphatic rings. The molecule has 3 aliphatic carbocycles. The SMILES string of the molecule is CCC1Cc2cc(O)c(C)cc2C2CC[C@@]3(C)C(CC[C@]3(C)O)C12. The molecule has 0 amide bonds. The molecule has 2 N–H and O–H groups in total. The maximum atomic E-state index is 11.0. The van der Waals surface area contributed by atoms with Crippen LogP contribution in [0, 0.1) is 30.1 Å². The van der Waals surface area contributed by atoms with Crippen molar-refractivity contribution in [3.05, 3.63) is 28.8 Å². The first kappa shape index (κ1) is 16.4. The second kappa shape index (κ2) is 5.24. The summed E-state index contributed by atoms with van der Waals surface area (Å²) >= 11 is 0. The Hall–Kier alpha value is -1.02. The third kappa shape index (κ3) is 2.05. The Bertz CT molecular complexity index is 662. The van der Waals surface area contributed by atoms with Crippen molar-refractivity contribution >= 4 is 0 Å². The summed E-state index contributed by atoms with van der Waals surface area (Å²) in [6.07, 6.45) is 6.73. The average Bonchev–Trinajstić information content (AvgIpc) is 2.78. The van der Waals surface area contributed by atoms with Gasteiger partial charge in [-0.1, -0.05) is 26.3 Å². The van der Waals surface area contributed by atoms with Crippen molar-refractivity contribution in [2.45, 2.75) is 77.7 Å². The maximum absolute atomic E-state index is 11.0. The van der Waals surface area contributed by atoms with Gasteiger partial charge >= 0.3 is 0 Å². The lowest BCUT2D eigenvalue weighted by molar-refractivity contribution is -0.0984.